The van der Waals surface area contributed by atoms with Crippen LogP contribution in [-0.2, 0) is 0 Å². The zero-order chi connectivity index (χ0) is 14.7. The number of ether oxygens (including phenoxy) is 2. The average molecular weight is 280 g/mol. The van der Waals surface area contributed by atoms with Crippen LogP contribution in [0.15, 0.2) is 48.5 Å². The van der Waals surface area contributed by atoms with Crippen molar-refractivity contribution >= 4 is 11.9 Å². The lowest BCUT2D eigenvalue weighted by Gasteiger charge is -2.18. The Labute approximate surface area is 123 Å². The second-order valence-electron chi connectivity index (χ2n) is 4.97. The number of carbonyl (C=O) groups excluding carboxylic acids is 1. The number of ketones is 1. The van der Waals surface area contributed by atoms with Crippen LogP contribution in [0, 0.1) is 6.92 Å². The molecule has 0 aliphatic carbocycles. The summed E-state index contributed by atoms with van der Waals surface area (Å²) in [6, 6.07) is 13.3. The van der Waals surface area contributed by atoms with Crippen molar-refractivity contribution in [2.45, 2.75) is 6.92 Å². The van der Waals surface area contributed by atoms with E-state index in [0.717, 1.165) is 5.56 Å². The van der Waals surface area contributed by atoms with E-state index in [4.69, 9.17) is 9.47 Å². The molecule has 0 aromatic heterocycles. The minimum Gasteiger partial charge on any atom is -0.486 e. The molecule has 0 fully saturated rings. The van der Waals surface area contributed by atoms with Gasteiger partial charge in [0.25, 0.3) is 0 Å². The molecule has 0 unspecified atom stereocenters. The normalized spacial score (nSPS) is 13.4. The fraction of sp³-hybridized carbons (Fsp3) is 0.167. The second-order valence-corrected chi connectivity index (χ2v) is 4.97. The van der Waals surface area contributed by atoms with Crippen molar-refractivity contribution in [3.05, 3.63) is 65.2 Å². The van der Waals surface area contributed by atoms with Crippen LogP contribution in [0.5, 0.6) is 11.5 Å². The van der Waals surface area contributed by atoms with Gasteiger partial charge in [0.05, 0.1) is 0 Å². The number of rotatable bonds is 3. The van der Waals surface area contributed by atoms with Crippen LogP contribution in [0.1, 0.15) is 21.5 Å². The molecule has 3 heteroatoms. The lowest BCUT2D eigenvalue weighted by atomic mass is 10.1. The third kappa shape index (κ3) is 3.14. The van der Waals surface area contributed by atoms with Crippen molar-refractivity contribution in [2.24, 2.45) is 0 Å². The van der Waals surface area contributed by atoms with E-state index in [1.165, 1.54) is 5.56 Å². The van der Waals surface area contributed by atoms with E-state index in [1.807, 2.05) is 37.3 Å². The minimum atomic E-state index is -0.0477. The van der Waals surface area contributed by atoms with E-state index < -0.39 is 0 Å². The minimum absolute atomic E-state index is 0.0477. The Morgan fingerprint density at radius 3 is 2.67 bits per heavy atom. The van der Waals surface area contributed by atoms with E-state index in [0.29, 0.717) is 30.3 Å². The standard InChI is InChI=1S/C18H16O3/c1-13-3-2-4-14(11-13)5-7-16(19)15-6-8-17-18(12-15)21-10-9-20-17/h2-8,11-12H,9-10H2,1H3. The first kappa shape index (κ1) is 13.4. The molecule has 21 heavy (non-hydrogen) atoms. The van der Waals surface area contributed by atoms with Gasteiger partial charge in [0.1, 0.15) is 13.2 Å². The highest BCUT2D eigenvalue weighted by atomic mass is 16.6. The molecule has 106 valence electrons. The highest BCUT2D eigenvalue weighted by molar-refractivity contribution is 6.07. The SMILES string of the molecule is Cc1cccc(C=CC(=O)c2ccc3c(c2)OCCO3)c1. The fourth-order valence-electron chi connectivity index (χ4n) is 2.24. The predicted octanol–water partition coefficient (Wildman–Crippen LogP) is 3.66. The molecule has 2 aromatic rings. The van der Waals surface area contributed by atoms with Crippen LogP contribution < -0.4 is 9.47 Å². The van der Waals surface area contributed by atoms with Gasteiger partial charge in [0.2, 0.25) is 0 Å². The molecular weight excluding hydrogens is 264 g/mol. The van der Waals surface area contributed by atoms with Crippen molar-refractivity contribution in [2.75, 3.05) is 13.2 Å². The molecule has 0 saturated carbocycles. The van der Waals surface area contributed by atoms with Crippen molar-refractivity contribution in [1.29, 1.82) is 0 Å². The number of aryl methyl sites for hydroxylation is 1. The summed E-state index contributed by atoms with van der Waals surface area (Å²) in [5.74, 6) is 1.28. The van der Waals surface area contributed by atoms with Crippen LogP contribution >= 0.6 is 0 Å². The van der Waals surface area contributed by atoms with E-state index >= 15 is 0 Å². The van der Waals surface area contributed by atoms with E-state index in [9.17, 15) is 4.79 Å². The van der Waals surface area contributed by atoms with Crippen LogP contribution in [0.4, 0.5) is 0 Å². The molecule has 3 rings (SSSR count). The predicted molar refractivity (Wildman–Crippen MR) is 82.0 cm³/mol. The zero-order valence-electron chi connectivity index (χ0n) is 11.8. The summed E-state index contributed by atoms with van der Waals surface area (Å²) >= 11 is 0. The topological polar surface area (TPSA) is 35.5 Å². The molecule has 2 aromatic carbocycles. The van der Waals surface area contributed by atoms with E-state index in [-0.39, 0.29) is 5.78 Å². The van der Waals surface area contributed by atoms with Crippen LogP contribution in [0.25, 0.3) is 6.08 Å². The lowest BCUT2D eigenvalue weighted by Crippen LogP contribution is -2.15. The molecule has 0 saturated heterocycles. The summed E-state index contributed by atoms with van der Waals surface area (Å²) in [4.78, 5) is 12.2. The highest BCUT2D eigenvalue weighted by Gasteiger charge is 2.13. The fourth-order valence-corrected chi connectivity index (χ4v) is 2.24. The Morgan fingerprint density at radius 1 is 1.05 bits per heavy atom. The first-order chi connectivity index (χ1) is 10.2. The molecule has 0 spiro atoms. The summed E-state index contributed by atoms with van der Waals surface area (Å²) in [6.45, 7) is 3.09. The maximum Gasteiger partial charge on any atom is 0.185 e. The van der Waals surface area contributed by atoms with Crippen molar-refractivity contribution in [1.82, 2.24) is 0 Å². The summed E-state index contributed by atoms with van der Waals surface area (Å²) in [5.41, 5.74) is 2.79. The van der Waals surface area contributed by atoms with Gasteiger partial charge in [-0.15, -0.1) is 0 Å². The number of benzene rings is 2. The molecule has 0 N–H and O–H groups in total. The van der Waals surface area contributed by atoms with Gasteiger partial charge < -0.3 is 9.47 Å². The number of fused-ring (bicyclic) bond motifs is 1. The van der Waals surface area contributed by atoms with Crippen LogP contribution in [0.3, 0.4) is 0 Å². The molecule has 3 nitrogen and oxygen atoms in total. The number of hydrogen-bond donors (Lipinski definition) is 0. The summed E-state index contributed by atoms with van der Waals surface area (Å²) < 4.78 is 10.9. The van der Waals surface area contributed by atoms with Gasteiger partial charge in [-0.25, -0.2) is 0 Å². The smallest absolute Gasteiger partial charge is 0.185 e. The van der Waals surface area contributed by atoms with Gasteiger partial charge in [0, 0.05) is 5.56 Å². The van der Waals surface area contributed by atoms with Gasteiger partial charge >= 0.3 is 0 Å². The first-order valence-corrected chi connectivity index (χ1v) is 6.91. The third-order valence-corrected chi connectivity index (χ3v) is 3.30. The Bertz CT molecular complexity index is 701. The largest absolute Gasteiger partial charge is 0.486 e. The molecule has 1 heterocycles. The molecular formula is C18H16O3. The first-order valence-electron chi connectivity index (χ1n) is 6.91. The summed E-state index contributed by atoms with van der Waals surface area (Å²) in [7, 11) is 0. The van der Waals surface area contributed by atoms with Crippen molar-refractivity contribution in [3.8, 4) is 11.5 Å². The van der Waals surface area contributed by atoms with Crippen LogP contribution in [0.2, 0.25) is 0 Å². The van der Waals surface area contributed by atoms with Gasteiger partial charge in [-0.1, -0.05) is 35.9 Å². The van der Waals surface area contributed by atoms with Gasteiger partial charge in [-0.2, -0.15) is 0 Å². The summed E-state index contributed by atoms with van der Waals surface area (Å²) in [6.07, 6.45) is 3.41. The van der Waals surface area contributed by atoms with E-state index in [2.05, 4.69) is 0 Å². The number of carbonyl (C=O) groups is 1. The van der Waals surface area contributed by atoms with Crippen LogP contribution in [-0.4, -0.2) is 19.0 Å². The Kier molecular flexibility index (Phi) is 3.73. The Hall–Kier alpha value is -2.55. The van der Waals surface area contributed by atoms with Crippen molar-refractivity contribution < 1.29 is 14.3 Å². The van der Waals surface area contributed by atoms with Gasteiger partial charge in [-0.3, -0.25) is 4.79 Å². The maximum atomic E-state index is 12.2. The molecule has 0 radical (unpaired) electrons. The molecule has 0 atom stereocenters. The maximum absolute atomic E-state index is 12.2. The quantitative estimate of drug-likeness (QED) is 0.636. The highest BCUT2D eigenvalue weighted by Crippen LogP contribution is 2.30. The van der Waals surface area contributed by atoms with Gasteiger partial charge in [0.15, 0.2) is 17.3 Å². The van der Waals surface area contributed by atoms with Gasteiger partial charge in [-0.05, 0) is 36.8 Å². The second kappa shape index (κ2) is 5.83. The summed E-state index contributed by atoms with van der Waals surface area (Å²) in [5, 5.41) is 0. The zero-order valence-corrected chi connectivity index (χ0v) is 11.8. The molecule has 0 amide bonds. The average Bonchev–Trinajstić information content (AvgIpc) is 2.52. The van der Waals surface area contributed by atoms with Crippen molar-refractivity contribution in [3.63, 3.8) is 0 Å². The number of hydrogen-bond acceptors (Lipinski definition) is 3. The Morgan fingerprint density at radius 2 is 1.86 bits per heavy atom. The lowest BCUT2D eigenvalue weighted by molar-refractivity contribution is 0.104. The van der Waals surface area contributed by atoms with E-state index in [1.54, 1.807) is 24.3 Å². The third-order valence-electron chi connectivity index (χ3n) is 3.30. The molecule has 0 bridgehead atoms. The number of allylic oxidation sites excluding steroid dienone is 1. The monoisotopic (exact) mass is 280 g/mol. The molecule has 1 aliphatic rings. The molecule has 1 aliphatic heterocycles. The Balaban J connectivity index is 1.79.